The zero-order valence-electron chi connectivity index (χ0n) is 16.1. The van der Waals surface area contributed by atoms with E-state index in [1.165, 1.54) is 5.56 Å². The van der Waals surface area contributed by atoms with Gasteiger partial charge in [0.05, 0.1) is 25.6 Å². The number of ether oxygens (including phenoxy) is 2. The highest BCUT2D eigenvalue weighted by atomic mass is 16.5. The summed E-state index contributed by atoms with van der Waals surface area (Å²) in [6.45, 7) is 2.08. The molecule has 0 aliphatic carbocycles. The van der Waals surface area contributed by atoms with Gasteiger partial charge in [0.1, 0.15) is 5.75 Å². The minimum absolute atomic E-state index is 0.236. The Kier molecular flexibility index (Phi) is 4.62. The number of methoxy groups -OCH3 is 2. The van der Waals surface area contributed by atoms with Crippen LogP contribution in [-0.2, 0) is 0 Å². The van der Waals surface area contributed by atoms with Gasteiger partial charge in [-0.2, -0.15) is 0 Å². The third kappa shape index (κ3) is 3.25. The van der Waals surface area contributed by atoms with Crippen LogP contribution in [0.25, 0.3) is 33.3 Å². The maximum Gasteiger partial charge on any atom is 0.161 e. The van der Waals surface area contributed by atoms with Crippen LogP contribution in [0.3, 0.4) is 0 Å². The minimum Gasteiger partial charge on any atom is -0.508 e. The van der Waals surface area contributed by atoms with Gasteiger partial charge in [0, 0.05) is 16.5 Å². The van der Waals surface area contributed by atoms with Crippen molar-refractivity contribution in [1.82, 2.24) is 4.98 Å². The first kappa shape index (κ1) is 17.9. The lowest BCUT2D eigenvalue weighted by atomic mass is 9.99. The number of benzene rings is 3. The molecule has 4 aromatic rings. The largest absolute Gasteiger partial charge is 0.508 e. The zero-order chi connectivity index (χ0) is 19.7. The smallest absolute Gasteiger partial charge is 0.161 e. The molecule has 4 rings (SSSR count). The van der Waals surface area contributed by atoms with Crippen LogP contribution in [0.4, 0.5) is 0 Å². The van der Waals surface area contributed by atoms with Gasteiger partial charge in [-0.15, -0.1) is 0 Å². The molecule has 0 radical (unpaired) electrons. The summed E-state index contributed by atoms with van der Waals surface area (Å²) in [5.74, 6) is 1.58. The highest BCUT2D eigenvalue weighted by molar-refractivity contribution is 5.97. The first-order valence-electron chi connectivity index (χ1n) is 9.02. The number of aryl methyl sites for hydroxylation is 1. The Morgan fingerprint density at radius 3 is 2.18 bits per heavy atom. The number of rotatable bonds is 4. The summed E-state index contributed by atoms with van der Waals surface area (Å²) in [6.07, 6.45) is 0. The van der Waals surface area contributed by atoms with Gasteiger partial charge >= 0.3 is 0 Å². The maximum absolute atomic E-state index is 9.65. The predicted molar refractivity (Wildman–Crippen MR) is 112 cm³/mol. The van der Waals surface area contributed by atoms with Gasteiger partial charge in [-0.25, -0.2) is 4.98 Å². The Morgan fingerprint density at radius 2 is 1.46 bits per heavy atom. The van der Waals surface area contributed by atoms with E-state index in [-0.39, 0.29) is 5.75 Å². The monoisotopic (exact) mass is 371 g/mol. The van der Waals surface area contributed by atoms with Gasteiger partial charge in [-0.3, -0.25) is 0 Å². The fourth-order valence-electron chi connectivity index (χ4n) is 3.36. The van der Waals surface area contributed by atoms with E-state index in [2.05, 4.69) is 31.2 Å². The molecule has 28 heavy (non-hydrogen) atoms. The van der Waals surface area contributed by atoms with Crippen molar-refractivity contribution in [3.63, 3.8) is 0 Å². The molecule has 0 saturated heterocycles. The Morgan fingerprint density at radius 1 is 0.750 bits per heavy atom. The minimum atomic E-state index is 0.236. The highest BCUT2D eigenvalue weighted by Crippen LogP contribution is 2.35. The molecule has 0 saturated carbocycles. The summed E-state index contributed by atoms with van der Waals surface area (Å²) in [5.41, 5.74) is 4.81. The molecule has 1 aromatic heterocycles. The Labute approximate surface area is 164 Å². The molecule has 4 nitrogen and oxygen atoms in total. The number of phenols is 1. The SMILES string of the molecule is COc1ccc(-c2cc3cc(C)ccc3c(-c3ccc(O)cc3)n2)cc1OC. The summed E-state index contributed by atoms with van der Waals surface area (Å²) < 4.78 is 10.8. The average Bonchev–Trinajstić information content (AvgIpc) is 2.72. The summed E-state index contributed by atoms with van der Waals surface area (Å²) in [4.78, 5) is 4.95. The topological polar surface area (TPSA) is 51.6 Å². The first-order chi connectivity index (χ1) is 13.6. The lowest BCUT2D eigenvalue weighted by Crippen LogP contribution is -1.94. The number of pyridine rings is 1. The van der Waals surface area contributed by atoms with Crippen molar-refractivity contribution in [1.29, 1.82) is 0 Å². The maximum atomic E-state index is 9.65. The van der Waals surface area contributed by atoms with E-state index >= 15 is 0 Å². The standard InChI is InChI=1S/C24H21NO3/c1-15-4-10-20-18(12-15)13-21(17-7-11-22(27-2)23(14-17)28-3)25-24(20)16-5-8-19(26)9-6-16/h4-14,26H,1-3H3. The van der Waals surface area contributed by atoms with Gasteiger partial charge in [0.25, 0.3) is 0 Å². The lowest BCUT2D eigenvalue weighted by molar-refractivity contribution is 0.355. The van der Waals surface area contributed by atoms with Gasteiger partial charge in [-0.05, 0) is 60.8 Å². The Hall–Kier alpha value is -3.53. The molecule has 0 spiro atoms. The van der Waals surface area contributed by atoms with Crippen LogP contribution in [0.15, 0.2) is 66.7 Å². The summed E-state index contributed by atoms with van der Waals surface area (Å²) >= 11 is 0. The second-order valence-electron chi connectivity index (χ2n) is 6.70. The van der Waals surface area contributed by atoms with E-state index in [1.54, 1.807) is 26.4 Å². The number of phenolic OH excluding ortho intramolecular Hbond substituents is 1. The van der Waals surface area contributed by atoms with Gasteiger partial charge in [-0.1, -0.05) is 23.8 Å². The van der Waals surface area contributed by atoms with Crippen LogP contribution in [0.5, 0.6) is 17.2 Å². The normalized spacial score (nSPS) is 10.8. The van der Waals surface area contributed by atoms with Crippen molar-refractivity contribution < 1.29 is 14.6 Å². The zero-order valence-corrected chi connectivity index (χ0v) is 16.1. The molecule has 0 unspecified atom stereocenters. The lowest BCUT2D eigenvalue weighted by Gasteiger charge is -2.13. The van der Waals surface area contributed by atoms with E-state index in [4.69, 9.17) is 14.5 Å². The molecular formula is C24H21NO3. The third-order valence-electron chi connectivity index (χ3n) is 4.81. The van der Waals surface area contributed by atoms with Crippen molar-refractivity contribution in [3.8, 4) is 39.8 Å². The van der Waals surface area contributed by atoms with Gasteiger partial charge < -0.3 is 14.6 Å². The first-order valence-corrected chi connectivity index (χ1v) is 9.02. The fourth-order valence-corrected chi connectivity index (χ4v) is 3.36. The summed E-state index contributed by atoms with van der Waals surface area (Å²) in [6, 6.07) is 21.4. The Balaban J connectivity index is 1.96. The predicted octanol–water partition coefficient (Wildman–Crippen LogP) is 5.60. The van der Waals surface area contributed by atoms with Crippen molar-refractivity contribution in [2.75, 3.05) is 14.2 Å². The molecule has 0 aliphatic rings. The third-order valence-corrected chi connectivity index (χ3v) is 4.81. The second kappa shape index (κ2) is 7.24. The van der Waals surface area contributed by atoms with E-state index < -0.39 is 0 Å². The van der Waals surface area contributed by atoms with Gasteiger partial charge in [0.2, 0.25) is 0 Å². The van der Waals surface area contributed by atoms with E-state index in [9.17, 15) is 5.11 Å². The number of aromatic nitrogens is 1. The quantitative estimate of drug-likeness (QED) is 0.507. The molecule has 140 valence electrons. The summed E-state index contributed by atoms with van der Waals surface area (Å²) in [5, 5.41) is 11.8. The molecule has 0 amide bonds. The van der Waals surface area contributed by atoms with E-state index in [1.807, 2.05) is 30.3 Å². The number of nitrogens with zero attached hydrogens (tertiary/aromatic N) is 1. The highest BCUT2D eigenvalue weighted by Gasteiger charge is 2.12. The van der Waals surface area contributed by atoms with Crippen molar-refractivity contribution >= 4 is 10.8 Å². The Bertz CT molecular complexity index is 1150. The van der Waals surface area contributed by atoms with Crippen LogP contribution in [0.2, 0.25) is 0 Å². The second-order valence-corrected chi connectivity index (χ2v) is 6.70. The van der Waals surface area contributed by atoms with Gasteiger partial charge in [0.15, 0.2) is 11.5 Å². The molecule has 0 atom stereocenters. The molecule has 0 aliphatic heterocycles. The number of hydrogen-bond acceptors (Lipinski definition) is 4. The fraction of sp³-hybridized carbons (Fsp3) is 0.125. The van der Waals surface area contributed by atoms with Crippen LogP contribution in [0.1, 0.15) is 5.56 Å². The van der Waals surface area contributed by atoms with E-state index in [0.717, 1.165) is 33.3 Å². The number of hydrogen-bond donors (Lipinski definition) is 1. The molecule has 0 fully saturated rings. The van der Waals surface area contributed by atoms with Crippen molar-refractivity contribution in [2.24, 2.45) is 0 Å². The molecule has 1 N–H and O–H groups in total. The van der Waals surface area contributed by atoms with Crippen molar-refractivity contribution in [2.45, 2.75) is 6.92 Å². The number of fused-ring (bicyclic) bond motifs is 1. The van der Waals surface area contributed by atoms with E-state index in [0.29, 0.717) is 11.5 Å². The van der Waals surface area contributed by atoms with Crippen molar-refractivity contribution in [3.05, 3.63) is 72.3 Å². The summed E-state index contributed by atoms with van der Waals surface area (Å²) in [7, 11) is 3.25. The average molecular weight is 371 g/mol. The van der Waals surface area contributed by atoms with Crippen LogP contribution < -0.4 is 9.47 Å². The van der Waals surface area contributed by atoms with Crippen LogP contribution in [-0.4, -0.2) is 24.3 Å². The van der Waals surface area contributed by atoms with Crippen LogP contribution in [0, 0.1) is 6.92 Å². The molecule has 3 aromatic carbocycles. The molecular weight excluding hydrogens is 350 g/mol. The molecule has 0 bridgehead atoms. The molecule has 4 heteroatoms. The van der Waals surface area contributed by atoms with Crippen LogP contribution >= 0.6 is 0 Å². The molecule has 1 heterocycles. The number of aromatic hydroxyl groups is 1.